The molecule has 0 unspecified atom stereocenters. The Bertz CT molecular complexity index is 958. The molecule has 1 aromatic heterocycles. The summed E-state index contributed by atoms with van der Waals surface area (Å²) in [5, 5.41) is 7.11. The van der Waals surface area contributed by atoms with Crippen LogP contribution >= 0.6 is 11.3 Å². The molecule has 146 valence electrons. The van der Waals surface area contributed by atoms with Gasteiger partial charge in [0.1, 0.15) is 4.88 Å². The van der Waals surface area contributed by atoms with Crippen LogP contribution in [0.1, 0.15) is 32.1 Å². The first kappa shape index (κ1) is 19.9. The standard InChI is InChI=1S/C22H26N4OS/c1-14-11-15(2)19(16(3)12-14)25-21(27)20-17(4)24-22(28-20)23-13-26(5)18-9-7-6-8-10-18/h6-12H,13H2,1-5H3,(H,23,24)(H,25,27). The lowest BCUT2D eigenvalue weighted by Crippen LogP contribution is -2.24. The average Bonchev–Trinajstić information content (AvgIpc) is 3.04. The lowest BCUT2D eigenvalue weighted by atomic mass is 10.1. The van der Waals surface area contributed by atoms with Crippen molar-refractivity contribution in [3.05, 3.63) is 69.7 Å². The van der Waals surface area contributed by atoms with E-state index in [4.69, 9.17) is 0 Å². The molecule has 0 bridgehead atoms. The van der Waals surface area contributed by atoms with Crippen molar-refractivity contribution in [3.8, 4) is 0 Å². The van der Waals surface area contributed by atoms with E-state index in [1.54, 1.807) is 0 Å². The van der Waals surface area contributed by atoms with Crippen LogP contribution in [0.5, 0.6) is 0 Å². The number of thiazole rings is 1. The Hall–Kier alpha value is -2.86. The zero-order valence-corrected chi connectivity index (χ0v) is 17.8. The van der Waals surface area contributed by atoms with Crippen molar-refractivity contribution in [2.45, 2.75) is 27.7 Å². The fourth-order valence-corrected chi connectivity index (χ4v) is 4.04. The number of aromatic nitrogens is 1. The van der Waals surface area contributed by atoms with Crippen molar-refractivity contribution in [1.29, 1.82) is 0 Å². The molecule has 0 fully saturated rings. The van der Waals surface area contributed by atoms with Crippen molar-refractivity contribution < 1.29 is 4.79 Å². The Morgan fingerprint density at radius 3 is 2.36 bits per heavy atom. The summed E-state index contributed by atoms with van der Waals surface area (Å²) >= 11 is 1.38. The summed E-state index contributed by atoms with van der Waals surface area (Å²) in [4.78, 5) is 20.1. The fourth-order valence-electron chi connectivity index (χ4n) is 3.19. The van der Waals surface area contributed by atoms with E-state index in [1.165, 1.54) is 16.9 Å². The minimum atomic E-state index is -0.116. The highest BCUT2D eigenvalue weighted by molar-refractivity contribution is 7.17. The van der Waals surface area contributed by atoms with Crippen LogP contribution in [0, 0.1) is 27.7 Å². The second kappa shape index (κ2) is 8.44. The number of rotatable bonds is 6. The molecule has 0 saturated carbocycles. The number of carbonyl (C=O) groups is 1. The predicted molar refractivity (Wildman–Crippen MR) is 119 cm³/mol. The van der Waals surface area contributed by atoms with Gasteiger partial charge in [-0.05, 0) is 51.0 Å². The Labute approximate surface area is 170 Å². The van der Waals surface area contributed by atoms with Crippen LogP contribution in [-0.2, 0) is 0 Å². The highest BCUT2D eigenvalue weighted by Crippen LogP contribution is 2.27. The van der Waals surface area contributed by atoms with Crippen molar-refractivity contribution in [2.75, 3.05) is 29.2 Å². The van der Waals surface area contributed by atoms with E-state index in [0.29, 0.717) is 11.5 Å². The van der Waals surface area contributed by atoms with Crippen LogP contribution in [-0.4, -0.2) is 24.6 Å². The fraction of sp³-hybridized carbons (Fsp3) is 0.273. The lowest BCUT2D eigenvalue weighted by molar-refractivity contribution is 0.102. The van der Waals surface area contributed by atoms with Gasteiger partial charge in [0.05, 0.1) is 12.4 Å². The molecular weight excluding hydrogens is 368 g/mol. The smallest absolute Gasteiger partial charge is 0.267 e. The lowest BCUT2D eigenvalue weighted by Gasteiger charge is -2.19. The number of nitrogens with zero attached hydrogens (tertiary/aromatic N) is 2. The highest BCUT2D eigenvalue weighted by Gasteiger charge is 2.17. The molecule has 1 heterocycles. The normalized spacial score (nSPS) is 10.6. The van der Waals surface area contributed by atoms with Gasteiger partial charge in [0, 0.05) is 18.4 Å². The van der Waals surface area contributed by atoms with E-state index in [2.05, 4.69) is 51.7 Å². The van der Waals surface area contributed by atoms with Crippen LogP contribution < -0.4 is 15.5 Å². The van der Waals surface area contributed by atoms with Crippen LogP contribution in [0.3, 0.4) is 0 Å². The Balaban J connectivity index is 1.69. The summed E-state index contributed by atoms with van der Waals surface area (Å²) in [6.07, 6.45) is 0. The Kier molecular flexibility index (Phi) is 5.99. The number of hydrogen-bond acceptors (Lipinski definition) is 5. The summed E-state index contributed by atoms with van der Waals surface area (Å²) < 4.78 is 0. The van der Waals surface area contributed by atoms with Crippen molar-refractivity contribution >= 4 is 33.8 Å². The molecule has 0 radical (unpaired) electrons. The third-order valence-corrected chi connectivity index (χ3v) is 5.70. The van der Waals surface area contributed by atoms with Crippen LogP contribution in [0.25, 0.3) is 0 Å². The summed E-state index contributed by atoms with van der Waals surface area (Å²) in [6.45, 7) is 8.56. The zero-order valence-electron chi connectivity index (χ0n) is 17.0. The van der Waals surface area contributed by atoms with Crippen LogP contribution in [0.4, 0.5) is 16.5 Å². The summed E-state index contributed by atoms with van der Waals surface area (Å²) in [7, 11) is 2.01. The minimum Gasteiger partial charge on any atom is -0.357 e. The number of amides is 1. The molecule has 6 heteroatoms. The van der Waals surface area contributed by atoms with Gasteiger partial charge in [-0.3, -0.25) is 4.79 Å². The molecule has 28 heavy (non-hydrogen) atoms. The molecule has 3 rings (SSSR count). The van der Waals surface area contributed by atoms with E-state index < -0.39 is 0 Å². The summed E-state index contributed by atoms with van der Waals surface area (Å²) in [6, 6.07) is 14.3. The molecule has 0 aliphatic carbocycles. The first-order valence-electron chi connectivity index (χ1n) is 9.22. The maximum atomic E-state index is 12.8. The number of anilines is 3. The Morgan fingerprint density at radius 2 is 1.71 bits per heavy atom. The molecule has 2 aromatic carbocycles. The molecule has 0 aliphatic rings. The molecule has 0 saturated heterocycles. The van der Waals surface area contributed by atoms with Gasteiger partial charge in [-0.2, -0.15) is 0 Å². The van der Waals surface area contributed by atoms with Crippen LogP contribution in [0.2, 0.25) is 0 Å². The van der Waals surface area contributed by atoms with Crippen molar-refractivity contribution in [2.24, 2.45) is 0 Å². The van der Waals surface area contributed by atoms with E-state index in [-0.39, 0.29) is 5.91 Å². The quantitative estimate of drug-likeness (QED) is 0.569. The Morgan fingerprint density at radius 1 is 1.07 bits per heavy atom. The van der Waals surface area contributed by atoms with Gasteiger partial charge < -0.3 is 15.5 Å². The van der Waals surface area contributed by atoms with E-state index in [0.717, 1.165) is 33.3 Å². The largest absolute Gasteiger partial charge is 0.357 e. The summed E-state index contributed by atoms with van der Waals surface area (Å²) in [5.74, 6) is -0.116. The minimum absolute atomic E-state index is 0.116. The average molecular weight is 395 g/mol. The molecule has 2 N–H and O–H groups in total. The monoisotopic (exact) mass is 394 g/mol. The molecule has 0 atom stereocenters. The number of hydrogen-bond donors (Lipinski definition) is 2. The molecular formula is C22H26N4OS. The van der Waals surface area contributed by atoms with Gasteiger partial charge >= 0.3 is 0 Å². The molecule has 3 aromatic rings. The van der Waals surface area contributed by atoms with Gasteiger partial charge in [0.2, 0.25) is 0 Å². The van der Waals surface area contributed by atoms with Crippen LogP contribution in [0.15, 0.2) is 42.5 Å². The first-order valence-corrected chi connectivity index (χ1v) is 10.0. The number of benzene rings is 2. The first-order chi connectivity index (χ1) is 13.3. The van der Waals surface area contributed by atoms with E-state index >= 15 is 0 Å². The summed E-state index contributed by atoms with van der Waals surface area (Å²) in [5.41, 5.74) is 6.05. The number of nitrogens with one attached hydrogen (secondary N) is 2. The van der Waals surface area contributed by atoms with Gasteiger partial charge in [-0.25, -0.2) is 4.98 Å². The maximum Gasteiger partial charge on any atom is 0.267 e. The van der Waals surface area contributed by atoms with Crippen molar-refractivity contribution in [1.82, 2.24) is 4.98 Å². The molecule has 0 spiro atoms. The van der Waals surface area contributed by atoms with E-state index in [9.17, 15) is 4.79 Å². The number of carbonyl (C=O) groups excluding carboxylic acids is 1. The molecule has 1 amide bonds. The zero-order chi connectivity index (χ0) is 20.3. The molecule has 5 nitrogen and oxygen atoms in total. The highest BCUT2D eigenvalue weighted by atomic mass is 32.1. The van der Waals surface area contributed by atoms with Crippen molar-refractivity contribution in [3.63, 3.8) is 0 Å². The van der Waals surface area contributed by atoms with Gasteiger partial charge in [-0.15, -0.1) is 0 Å². The molecule has 0 aliphatic heterocycles. The second-order valence-electron chi connectivity index (χ2n) is 7.03. The van der Waals surface area contributed by atoms with Gasteiger partial charge in [0.25, 0.3) is 5.91 Å². The second-order valence-corrected chi connectivity index (χ2v) is 8.03. The third-order valence-electron chi connectivity index (χ3n) is 4.58. The van der Waals surface area contributed by atoms with E-state index in [1.807, 2.05) is 46.0 Å². The third kappa shape index (κ3) is 4.51. The predicted octanol–water partition coefficient (Wildman–Crippen LogP) is 5.13. The number of para-hydroxylation sites is 1. The van der Waals surface area contributed by atoms with Gasteiger partial charge in [0.15, 0.2) is 5.13 Å². The topological polar surface area (TPSA) is 57.3 Å². The maximum absolute atomic E-state index is 12.8. The number of aryl methyl sites for hydroxylation is 4. The SMILES string of the molecule is Cc1cc(C)c(NC(=O)c2sc(NCN(C)c3ccccc3)nc2C)c(C)c1. The van der Waals surface area contributed by atoms with Gasteiger partial charge in [-0.1, -0.05) is 47.2 Å².